The highest BCUT2D eigenvalue weighted by molar-refractivity contribution is 7.99. The van der Waals surface area contributed by atoms with E-state index in [9.17, 15) is 18.8 Å². The van der Waals surface area contributed by atoms with Crippen LogP contribution in [-0.2, 0) is 20.9 Å². The molecule has 0 aliphatic carbocycles. The van der Waals surface area contributed by atoms with Crippen molar-refractivity contribution < 1.29 is 18.7 Å². The van der Waals surface area contributed by atoms with Gasteiger partial charge in [0.1, 0.15) is 10.5 Å². The number of nitrogens with one attached hydrogen (secondary N) is 2. The summed E-state index contributed by atoms with van der Waals surface area (Å²) in [4.78, 5) is 43.2. The van der Waals surface area contributed by atoms with Crippen LogP contribution < -0.4 is 16.2 Å². The van der Waals surface area contributed by atoms with Crippen molar-refractivity contribution in [1.82, 2.24) is 14.9 Å². The van der Waals surface area contributed by atoms with Gasteiger partial charge in [-0.1, -0.05) is 30.0 Å². The summed E-state index contributed by atoms with van der Waals surface area (Å²) in [5.74, 6) is -0.767. The predicted molar refractivity (Wildman–Crippen MR) is 155 cm³/mol. The second-order valence-electron chi connectivity index (χ2n) is 9.20. The third-order valence-electron chi connectivity index (χ3n) is 5.79. The molecule has 4 rings (SSSR count). The molecule has 0 fully saturated rings. The Bertz CT molecular complexity index is 1500. The van der Waals surface area contributed by atoms with Gasteiger partial charge in [-0.25, -0.2) is 9.37 Å². The summed E-state index contributed by atoms with van der Waals surface area (Å²) >= 11 is 2.54. The topological polar surface area (TPSA) is 102 Å². The van der Waals surface area contributed by atoms with Gasteiger partial charge in [0.15, 0.2) is 5.16 Å². The lowest BCUT2D eigenvalue weighted by Crippen LogP contribution is -2.27. The first kappa shape index (κ1) is 28.7. The average Bonchev–Trinajstić information content (AvgIpc) is 3.29. The van der Waals surface area contributed by atoms with Crippen LogP contribution in [0.4, 0.5) is 10.1 Å². The number of nitrogens with zero attached hydrogens (tertiary/aromatic N) is 2. The number of hydrogen-bond donors (Lipinski definition) is 2. The number of ether oxygens (including phenoxy) is 1. The minimum Gasteiger partial charge on any atom is -0.379 e. The number of rotatable bonds is 13. The number of amides is 2. The number of thioether (sulfide) groups is 1. The number of hydrogen-bond acceptors (Lipinski definition) is 7. The van der Waals surface area contributed by atoms with E-state index in [1.54, 1.807) is 4.57 Å². The quantitative estimate of drug-likeness (QED) is 0.130. The van der Waals surface area contributed by atoms with Crippen LogP contribution in [0.25, 0.3) is 20.3 Å². The number of halogens is 1. The molecule has 0 aliphatic rings. The molecule has 4 aromatic rings. The van der Waals surface area contributed by atoms with Crippen LogP contribution >= 0.6 is 23.1 Å². The number of aromatic nitrogens is 2. The summed E-state index contributed by atoms with van der Waals surface area (Å²) in [6.45, 7) is 5.35. The van der Waals surface area contributed by atoms with Crippen LogP contribution in [0.5, 0.6) is 0 Å². The maximum absolute atomic E-state index is 13.5. The number of thiophene rings is 1. The van der Waals surface area contributed by atoms with Crippen molar-refractivity contribution in [1.29, 1.82) is 0 Å². The highest BCUT2D eigenvalue weighted by atomic mass is 32.2. The van der Waals surface area contributed by atoms with E-state index in [0.717, 1.165) is 28.3 Å². The van der Waals surface area contributed by atoms with Gasteiger partial charge in [-0.15, -0.1) is 11.3 Å². The Morgan fingerprint density at radius 3 is 2.64 bits per heavy atom. The third kappa shape index (κ3) is 7.87. The van der Waals surface area contributed by atoms with E-state index >= 15 is 0 Å². The van der Waals surface area contributed by atoms with Gasteiger partial charge in [-0.3, -0.25) is 19.0 Å². The van der Waals surface area contributed by atoms with Gasteiger partial charge in [-0.05, 0) is 57.0 Å². The van der Waals surface area contributed by atoms with Crippen LogP contribution in [-0.4, -0.2) is 46.4 Å². The average molecular weight is 571 g/mol. The van der Waals surface area contributed by atoms with Gasteiger partial charge in [-0.2, -0.15) is 0 Å². The monoisotopic (exact) mass is 570 g/mol. The zero-order valence-electron chi connectivity index (χ0n) is 21.9. The van der Waals surface area contributed by atoms with Crippen LogP contribution in [0.1, 0.15) is 33.1 Å². The molecule has 2 aromatic carbocycles. The Morgan fingerprint density at radius 1 is 1.10 bits per heavy atom. The van der Waals surface area contributed by atoms with E-state index in [1.807, 2.05) is 38.1 Å². The fourth-order valence-corrected chi connectivity index (χ4v) is 5.84. The van der Waals surface area contributed by atoms with E-state index in [1.165, 1.54) is 35.6 Å². The zero-order chi connectivity index (χ0) is 27.8. The molecule has 2 aromatic heterocycles. The second-order valence-corrected chi connectivity index (χ2v) is 11.2. The lowest BCUT2D eigenvalue weighted by Gasteiger charge is -2.12. The van der Waals surface area contributed by atoms with Crippen molar-refractivity contribution in [3.05, 3.63) is 64.7 Å². The van der Waals surface area contributed by atoms with E-state index in [-0.39, 0.29) is 41.5 Å². The predicted octanol–water partition coefficient (Wildman–Crippen LogP) is 5.19. The van der Waals surface area contributed by atoms with E-state index in [4.69, 9.17) is 9.72 Å². The van der Waals surface area contributed by atoms with Crippen LogP contribution in [0.2, 0.25) is 0 Å². The first-order valence-corrected chi connectivity index (χ1v) is 14.6. The fourth-order valence-electron chi connectivity index (χ4n) is 3.93. The Morgan fingerprint density at radius 2 is 1.87 bits per heavy atom. The Hall–Kier alpha value is -3.28. The molecule has 39 heavy (non-hydrogen) atoms. The molecule has 0 saturated carbocycles. The first-order chi connectivity index (χ1) is 18.8. The van der Waals surface area contributed by atoms with Gasteiger partial charge >= 0.3 is 0 Å². The van der Waals surface area contributed by atoms with Gasteiger partial charge in [0.25, 0.3) is 5.56 Å². The zero-order valence-corrected chi connectivity index (χ0v) is 23.5. The van der Waals surface area contributed by atoms with E-state index < -0.39 is 0 Å². The van der Waals surface area contributed by atoms with Crippen molar-refractivity contribution in [2.75, 3.05) is 24.2 Å². The van der Waals surface area contributed by atoms with Gasteiger partial charge in [0.2, 0.25) is 11.8 Å². The molecule has 8 nitrogen and oxygen atoms in total. The lowest BCUT2D eigenvalue weighted by atomic mass is 10.2. The molecule has 11 heteroatoms. The molecule has 0 bridgehead atoms. The third-order valence-corrected chi connectivity index (χ3v) is 7.91. The summed E-state index contributed by atoms with van der Waals surface area (Å²) in [6.07, 6.45) is 1.60. The Balaban J connectivity index is 1.45. The molecule has 206 valence electrons. The Kier molecular flexibility index (Phi) is 10.1. The number of carbonyl (C=O) groups excluding carboxylic acids is 2. The smallest absolute Gasteiger partial charge is 0.272 e. The molecule has 0 radical (unpaired) electrons. The fraction of sp³-hybridized carbons (Fsp3) is 0.357. The maximum Gasteiger partial charge on any atom is 0.272 e. The molecule has 0 atom stereocenters. The minimum absolute atomic E-state index is 0.0102. The molecule has 2 amide bonds. The maximum atomic E-state index is 13.5. The normalized spacial score (nSPS) is 11.4. The summed E-state index contributed by atoms with van der Waals surface area (Å²) in [6, 6.07) is 13.2. The van der Waals surface area contributed by atoms with Gasteiger partial charge in [0.05, 0.1) is 17.4 Å². The number of fused-ring (bicyclic) bond motifs is 3. The van der Waals surface area contributed by atoms with Crippen LogP contribution in [0.15, 0.2) is 58.5 Å². The van der Waals surface area contributed by atoms with Crippen molar-refractivity contribution in [3.63, 3.8) is 0 Å². The largest absolute Gasteiger partial charge is 0.379 e. The summed E-state index contributed by atoms with van der Waals surface area (Å²) in [5, 5.41) is 6.91. The summed E-state index contributed by atoms with van der Waals surface area (Å²) in [5.41, 5.74) is 0.905. The van der Waals surface area contributed by atoms with Crippen LogP contribution in [0, 0.1) is 5.82 Å². The molecule has 2 N–H and O–H groups in total. The van der Waals surface area contributed by atoms with Gasteiger partial charge in [0, 0.05) is 41.9 Å². The molecular formula is C28H31FN4O4S2. The van der Waals surface area contributed by atoms with E-state index in [2.05, 4.69) is 10.6 Å². The molecule has 0 aliphatic heterocycles. The first-order valence-electron chi connectivity index (χ1n) is 12.8. The summed E-state index contributed by atoms with van der Waals surface area (Å²) in [7, 11) is 0. The standard InChI is InChI=1S/C28H31FN4O4S2/c1-18(2)37-16-6-14-30-23(34)9-5-15-33-27(36)26-25(21-7-3-4-8-22(21)39-26)32-28(33)38-17-24(35)31-20-12-10-19(29)11-13-20/h3-4,7-8,10-13,18H,5-6,9,14-17H2,1-2H3,(H,30,34)(H,31,35). The molecule has 0 spiro atoms. The molecule has 0 unspecified atom stereocenters. The van der Waals surface area contributed by atoms with E-state index in [0.29, 0.717) is 47.2 Å². The van der Waals surface area contributed by atoms with Crippen molar-refractivity contribution in [3.8, 4) is 0 Å². The van der Waals surface area contributed by atoms with Crippen molar-refractivity contribution in [2.24, 2.45) is 0 Å². The highest BCUT2D eigenvalue weighted by Gasteiger charge is 2.17. The number of benzene rings is 2. The molecule has 0 saturated heterocycles. The second kappa shape index (κ2) is 13.7. The molecular weight excluding hydrogens is 539 g/mol. The minimum atomic E-state index is -0.388. The van der Waals surface area contributed by atoms with Crippen molar-refractivity contribution in [2.45, 2.75) is 50.9 Å². The van der Waals surface area contributed by atoms with Gasteiger partial charge < -0.3 is 15.4 Å². The number of anilines is 1. The number of carbonyl (C=O) groups is 2. The summed E-state index contributed by atoms with van der Waals surface area (Å²) < 4.78 is 21.7. The molecule has 2 heterocycles. The Labute approximate surface area is 234 Å². The lowest BCUT2D eigenvalue weighted by molar-refractivity contribution is -0.121. The van der Waals surface area contributed by atoms with Crippen LogP contribution in [0.3, 0.4) is 0 Å². The SMILES string of the molecule is CC(C)OCCCNC(=O)CCCn1c(SCC(=O)Nc2ccc(F)cc2)nc2c(sc3ccccc32)c1=O. The highest BCUT2D eigenvalue weighted by Crippen LogP contribution is 2.32. The van der Waals surface area contributed by atoms with Crippen molar-refractivity contribution >= 4 is 60.9 Å².